The third-order valence-corrected chi connectivity index (χ3v) is 5.77. The maximum atomic E-state index is 5.54. The molecule has 0 atom stereocenters. The predicted molar refractivity (Wildman–Crippen MR) is 128 cm³/mol. The monoisotopic (exact) mass is 441 g/mol. The largest absolute Gasteiger partial charge is 0.378 e. The van der Waals surface area contributed by atoms with Gasteiger partial charge in [-0.1, -0.05) is 38.1 Å². The molecule has 1 aliphatic rings. The average molecular weight is 442 g/mol. The first-order valence-corrected chi connectivity index (χ1v) is 11.3. The number of pyridine rings is 1. The van der Waals surface area contributed by atoms with E-state index in [0.29, 0.717) is 31.5 Å². The SMILES string of the molecule is CC(C)c1cccc(CN=Nc2cc(N3CCOCC3)c3nc(-c4ccncc4)cn3n2)c1. The Bertz CT molecular complexity index is 1260. The minimum absolute atomic E-state index is 0.484. The molecule has 0 radical (unpaired) electrons. The fourth-order valence-electron chi connectivity index (χ4n) is 3.94. The zero-order valence-corrected chi connectivity index (χ0v) is 18.9. The molecule has 0 bridgehead atoms. The van der Waals surface area contributed by atoms with Gasteiger partial charge in [-0.05, 0) is 29.2 Å². The van der Waals surface area contributed by atoms with Crippen LogP contribution in [0.2, 0.25) is 0 Å². The molecule has 1 saturated heterocycles. The highest BCUT2D eigenvalue weighted by Crippen LogP contribution is 2.29. The molecule has 0 aliphatic carbocycles. The van der Waals surface area contributed by atoms with E-state index < -0.39 is 0 Å². The van der Waals surface area contributed by atoms with Gasteiger partial charge >= 0.3 is 0 Å². The first kappa shape index (κ1) is 21.2. The molecular weight excluding hydrogens is 414 g/mol. The molecule has 4 heterocycles. The molecule has 0 saturated carbocycles. The zero-order chi connectivity index (χ0) is 22.6. The first-order valence-electron chi connectivity index (χ1n) is 11.3. The summed E-state index contributed by atoms with van der Waals surface area (Å²) in [6.07, 6.45) is 5.47. The molecule has 0 unspecified atom stereocenters. The van der Waals surface area contributed by atoms with E-state index in [1.807, 2.05) is 24.4 Å². The fourth-order valence-corrected chi connectivity index (χ4v) is 3.94. The minimum atomic E-state index is 0.484. The van der Waals surface area contributed by atoms with Crippen molar-refractivity contribution in [1.29, 1.82) is 0 Å². The lowest BCUT2D eigenvalue weighted by Gasteiger charge is -2.28. The number of fused-ring (bicyclic) bond motifs is 1. The van der Waals surface area contributed by atoms with E-state index in [1.54, 1.807) is 16.9 Å². The van der Waals surface area contributed by atoms with Crippen molar-refractivity contribution in [1.82, 2.24) is 19.6 Å². The van der Waals surface area contributed by atoms with Gasteiger partial charge in [0.05, 0.1) is 37.3 Å². The lowest BCUT2D eigenvalue weighted by molar-refractivity contribution is 0.123. The third kappa shape index (κ3) is 4.75. The maximum absolute atomic E-state index is 5.54. The van der Waals surface area contributed by atoms with E-state index in [-0.39, 0.29) is 0 Å². The van der Waals surface area contributed by atoms with Crippen LogP contribution in [0.3, 0.4) is 0 Å². The lowest BCUT2D eigenvalue weighted by atomic mass is 10.0. The molecule has 8 nitrogen and oxygen atoms in total. The molecule has 0 amide bonds. The molecule has 5 rings (SSSR count). The number of nitrogens with zero attached hydrogens (tertiary/aromatic N) is 7. The third-order valence-electron chi connectivity index (χ3n) is 5.77. The summed E-state index contributed by atoms with van der Waals surface area (Å²) in [7, 11) is 0. The number of morpholine rings is 1. The molecule has 33 heavy (non-hydrogen) atoms. The number of rotatable bonds is 6. The van der Waals surface area contributed by atoms with Gasteiger partial charge in [-0.2, -0.15) is 5.11 Å². The van der Waals surface area contributed by atoms with Crippen molar-refractivity contribution in [3.8, 4) is 11.3 Å². The number of anilines is 1. The Morgan fingerprint density at radius 2 is 1.88 bits per heavy atom. The Morgan fingerprint density at radius 1 is 1.06 bits per heavy atom. The smallest absolute Gasteiger partial charge is 0.196 e. The Hall–Kier alpha value is -3.65. The quantitative estimate of drug-likeness (QED) is 0.392. The van der Waals surface area contributed by atoms with E-state index in [9.17, 15) is 0 Å². The van der Waals surface area contributed by atoms with Gasteiger partial charge in [0.2, 0.25) is 0 Å². The molecule has 0 spiro atoms. The van der Waals surface area contributed by atoms with Gasteiger partial charge in [-0.25, -0.2) is 9.50 Å². The zero-order valence-electron chi connectivity index (χ0n) is 18.9. The van der Waals surface area contributed by atoms with E-state index in [2.05, 4.69) is 63.3 Å². The van der Waals surface area contributed by atoms with Crippen LogP contribution < -0.4 is 4.90 Å². The molecule has 4 aromatic rings. The summed E-state index contributed by atoms with van der Waals surface area (Å²) in [6.45, 7) is 7.88. The van der Waals surface area contributed by atoms with Crippen LogP contribution in [-0.2, 0) is 11.3 Å². The van der Waals surface area contributed by atoms with Crippen LogP contribution in [0.5, 0.6) is 0 Å². The Balaban J connectivity index is 1.48. The second-order valence-corrected chi connectivity index (χ2v) is 8.42. The molecule has 3 aromatic heterocycles. The molecule has 1 fully saturated rings. The van der Waals surface area contributed by atoms with Crippen molar-refractivity contribution in [2.75, 3.05) is 31.2 Å². The average Bonchev–Trinajstić information content (AvgIpc) is 3.29. The number of azo groups is 1. The Labute approximate surface area is 193 Å². The van der Waals surface area contributed by atoms with Gasteiger partial charge < -0.3 is 9.64 Å². The highest BCUT2D eigenvalue weighted by atomic mass is 16.5. The van der Waals surface area contributed by atoms with Crippen LogP contribution in [0, 0.1) is 0 Å². The number of ether oxygens (including phenoxy) is 1. The van der Waals surface area contributed by atoms with Gasteiger partial charge in [0, 0.05) is 37.1 Å². The van der Waals surface area contributed by atoms with Crippen molar-refractivity contribution in [2.24, 2.45) is 10.2 Å². The van der Waals surface area contributed by atoms with Crippen molar-refractivity contribution < 1.29 is 4.74 Å². The van der Waals surface area contributed by atoms with Crippen molar-refractivity contribution >= 4 is 17.2 Å². The van der Waals surface area contributed by atoms with Crippen molar-refractivity contribution in [3.05, 3.63) is 72.2 Å². The van der Waals surface area contributed by atoms with Gasteiger partial charge in [-0.15, -0.1) is 10.2 Å². The molecule has 1 aromatic carbocycles. The summed E-state index contributed by atoms with van der Waals surface area (Å²) in [4.78, 5) is 11.2. The van der Waals surface area contributed by atoms with Crippen molar-refractivity contribution in [2.45, 2.75) is 26.3 Å². The second-order valence-electron chi connectivity index (χ2n) is 8.42. The number of benzene rings is 1. The molecule has 8 heteroatoms. The predicted octanol–water partition coefficient (Wildman–Crippen LogP) is 5.04. The van der Waals surface area contributed by atoms with E-state index in [4.69, 9.17) is 9.72 Å². The molecule has 168 valence electrons. The summed E-state index contributed by atoms with van der Waals surface area (Å²) in [5, 5.41) is 13.6. The highest BCUT2D eigenvalue weighted by Gasteiger charge is 2.19. The van der Waals surface area contributed by atoms with Gasteiger partial charge in [0.15, 0.2) is 11.5 Å². The van der Waals surface area contributed by atoms with Crippen LogP contribution in [0.1, 0.15) is 30.9 Å². The topological polar surface area (TPSA) is 80.3 Å². The van der Waals surface area contributed by atoms with E-state index in [1.165, 1.54) is 5.56 Å². The van der Waals surface area contributed by atoms with Crippen LogP contribution in [0.15, 0.2) is 71.3 Å². The highest BCUT2D eigenvalue weighted by molar-refractivity contribution is 5.75. The second kappa shape index (κ2) is 9.46. The normalized spacial score (nSPS) is 14.6. The molecular formula is C25H27N7O. The minimum Gasteiger partial charge on any atom is -0.378 e. The number of aromatic nitrogens is 4. The number of hydrogen-bond donors (Lipinski definition) is 0. The lowest BCUT2D eigenvalue weighted by Crippen LogP contribution is -2.36. The Morgan fingerprint density at radius 3 is 2.67 bits per heavy atom. The summed E-state index contributed by atoms with van der Waals surface area (Å²) in [5.41, 5.74) is 6.08. The number of hydrogen-bond acceptors (Lipinski definition) is 7. The molecule has 0 N–H and O–H groups in total. The summed E-state index contributed by atoms with van der Waals surface area (Å²) < 4.78 is 7.34. The Kier molecular flexibility index (Phi) is 6.08. The molecule has 1 aliphatic heterocycles. The van der Waals surface area contributed by atoms with E-state index in [0.717, 1.165) is 41.2 Å². The standard InChI is InChI=1S/C25H27N7O/c1-18(2)21-5-3-4-19(14-21)16-27-29-24-15-23(31-10-12-33-13-11-31)25-28-22(17-32(25)30-24)20-6-8-26-9-7-20/h3-9,14-15,17-18H,10-13,16H2,1-2H3. The van der Waals surface area contributed by atoms with Gasteiger partial charge in [-0.3, -0.25) is 4.98 Å². The van der Waals surface area contributed by atoms with Crippen LogP contribution in [-0.4, -0.2) is 45.9 Å². The summed E-state index contributed by atoms with van der Waals surface area (Å²) in [6, 6.07) is 14.4. The van der Waals surface area contributed by atoms with Crippen LogP contribution in [0.25, 0.3) is 16.9 Å². The van der Waals surface area contributed by atoms with Crippen molar-refractivity contribution in [3.63, 3.8) is 0 Å². The van der Waals surface area contributed by atoms with Crippen LogP contribution in [0.4, 0.5) is 11.5 Å². The van der Waals surface area contributed by atoms with Gasteiger partial charge in [0.25, 0.3) is 0 Å². The first-order chi connectivity index (χ1) is 16.2. The number of imidazole rings is 1. The van der Waals surface area contributed by atoms with Crippen LogP contribution >= 0.6 is 0 Å². The summed E-state index contributed by atoms with van der Waals surface area (Å²) >= 11 is 0. The van der Waals surface area contributed by atoms with Gasteiger partial charge in [0.1, 0.15) is 0 Å². The fraction of sp³-hybridized carbons (Fsp3) is 0.320. The summed E-state index contributed by atoms with van der Waals surface area (Å²) in [5.74, 6) is 1.04. The van der Waals surface area contributed by atoms with E-state index >= 15 is 0 Å². The maximum Gasteiger partial charge on any atom is 0.196 e.